The van der Waals surface area contributed by atoms with Crippen molar-refractivity contribution in [3.05, 3.63) is 34.9 Å². The molecule has 1 aliphatic carbocycles. The van der Waals surface area contributed by atoms with Gasteiger partial charge < -0.3 is 0 Å². The van der Waals surface area contributed by atoms with Crippen LogP contribution in [0.4, 0.5) is 0 Å². The van der Waals surface area contributed by atoms with Gasteiger partial charge in [-0.25, -0.2) is 0 Å². The standard InChI is InChI=1S/C15H20O/c1-11-6-7-13(10-12(11)2)4-3-5-15(16)14-8-9-14/h6-7,10,14H,3-5,8-9H2,1-2H3. The third-order valence-electron chi connectivity index (χ3n) is 3.49. The normalized spacial score (nSPS) is 15.1. The van der Waals surface area contributed by atoms with Crippen LogP contribution < -0.4 is 0 Å². The molecule has 1 aromatic carbocycles. The van der Waals surface area contributed by atoms with Crippen LogP contribution in [0.15, 0.2) is 18.2 Å². The smallest absolute Gasteiger partial charge is 0.135 e. The maximum Gasteiger partial charge on any atom is 0.135 e. The molecule has 0 heterocycles. The largest absolute Gasteiger partial charge is 0.299 e. The fourth-order valence-electron chi connectivity index (χ4n) is 2.04. The maximum absolute atomic E-state index is 11.5. The number of Topliss-reactive ketones (excluding diaryl/α,β-unsaturated/α-hetero) is 1. The summed E-state index contributed by atoms with van der Waals surface area (Å²) < 4.78 is 0. The summed E-state index contributed by atoms with van der Waals surface area (Å²) in [5, 5.41) is 0. The van der Waals surface area contributed by atoms with Gasteiger partial charge in [0.15, 0.2) is 0 Å². The van der Waals surface area contributed by atoms with Crippen LogP contribution in [0.2, 0.25) is 0 Å². The topological polar surface area (TPSA) is 17.1 Å². The summed E-state index contributed by atoms with van der Waals surface area (Å²) in [5.41, 5.74) is 4.07. The van der Waals surface area contributed by atoms with Crippen LogP contribution in [0.1, 0.15) is 42.4 Å². The SMILES string of the molecule is Cc1ccc(CCCC(=O)C2CC2)cc1C. The Morgan fingerprint density at radius 1 is 1.25 bits per heavy atom. The summed E-state index contributed by atoms with van der Waals surface area (Å²) in [6.07, 6.45) is 5.11. The highest BCUT2D eigenvalue weighted by molar-refractivity contribution is 5.83. The molecule has 1 aromatic rings. The van der Waals surface area contributed by atoms with Crippen LogP contribution >= 0.6 is 0 Å². The van der Waals surface area contributed by atoms with E-state index in [4.69, 9.17) is 0 Å². The van der Waals surface area contributed by atoms with Gasteiger partial charge in [0.05, 0.1) is 0 Å². The molecule has 0 N–H and O–H groups in total. The molecule has 1 heteroatoms. The third-order valence-corrected chi connectivity index (χ3v) is 3.49. The monoisotopic (exact) mass is 216 g/mol. The molecule has 0 aliphatic heterocycles. The quantitative estimate of drug-likeness (QED) is 0.735. The van der Waals surface area contributed by atoms with Crippen LogP contribution in [-0.4, -0.2) is 5.78 Å². The van der Waals surface area contributed by atoms with Gasteiger partial charge in [0.25, 0.3) is 0 Å². The average molecular weight is 216 g/mol. The number of hydrogen-bond donors (Lipinski definition) is 0. The van der Waals surface area contributed by atoms with Gasteiger partial charge in [0.2, 0.25) is 0 Å². The van der Waals surface area contributed by atoms with Crippen molar-refractivity contribution >= 4 is 5.78 Å². The first-order chi connectivity index (χ1) is 7.66. The van der Waals surface area contributed by atoms with E-state index in [1.807, 2.05) is 0 Å². The summed E-state index contributed by atoms with van der Waals surface area (Å²) in [6.45, 7) is 4.28. The number of benzene rings is 1. The van der Waals surface area contributed by atoms with Gasteiger partial charge in [-0.15, -0.1) is 0 Å². The first-order valence-electron chi connectivity index (χ1n) is 6.25. The Balaban J connectivity index is 1.80. The Hall–Kier alpha value is -1.11. The van der Waals surface area contributed by atoms with E-state index in [1.54, 1.807) is 0 Å². The van der Waals surface area contributed by atoms with Crippen LogP contribution in [-0.2, 0) is 11.2 Å². The van der Waals surface area contributed by atoms with Crippen molar-refractivity contribution in [1.29, 1.82) is 0 Å². The lowest BCUT2D eigenvalue weighted by atomic mass is 10.0. The molecule has 0 aromatic heterocycles. The molecule has 0 saturated heterocycles. The van der Waals surface area contributed by atoms with Crippen molar-refractivity contribution in [2.75, 3.05) is 0 Å². The molecule has 16 heavy (non-hydrogen) atoms. The summed E-state index contributed by atoms with van der Waals surface area (Å²) in [4.78, 5) is 11.5. The lowest BCUT2D eigenvalue weighted by molar-refractivity contribution is -0.120. The Bertz CT molecular complexity index is 388. The zero-order valence-electron chi connectivity index (χ0n) is 10.3. The third kappa shape index (κ3) is 2.94. The van der Waals surface area contributed by atoms with Crippen LogP contribution in [0.3, 0.4) is 0 Å². The lowest BCUT2D eigenvalue weighted by Gasteiger charge is -2.04. The van der Waals surface area contributed by atoms with Gasteiger partial charge in [0, 0.05) is 12.3 Å². The van der Waals surface area contributed by atoms with Crippen molar-refractivity contribution in [3.8, 4) is 0 Å². The second kappa shape index (κ2) is 4.82. The second-order valence-corrected chi connectivity index (χ2v) is 5.01. The predicted molar refractivity (Wildman–Crippen MR) is 66.6 cm³/mol. The van der Waals surface area contributed by atoms with E-state index in [2.05, 4.69) is 32.0 Å². The Morgan fingerprint density at radius 2 is 2.00 bits per heavy atom. The van der Waals surface area contributed by atoms with Gasteiger partial charge in [-0.2, -0.15) is 0 Å². The highest BCUT2D eigenvalue weighted by Gasteiger charge is 2.28. The van der Waals surface area contributed by atoms with Gasteiger partial charge in [0.1, 0.15) is 5.78 Å². The predicted octanol–water partition coefficient (Wildman–Crippen LogP) is 3.61. The van der Waals surface area contributed by atoms with Crippen LogP contribution in [0, 0.1) is 19.8 Å². The van der Waals surface area contributed by atoms with Crippen molar-refractivity contribution in [3.63, 3.8) is 0 Å². The first kappa shape index (κ1) is 11.4. The minimum atomic E-state index is 0.430. The Morgan fingerprint density at radius 3 is 2.62 bits per heavy atom. The van der Waals surface area contributed by atoms with Crippen molar-refractivity contribution in [2.45, 2.75) is 46.0 Å². The molecule has 0 unspecified atom stereocenters. The molecular weight excluding hydrogens is 196 g/mol. The summed E-state index contributed by atoms with van der Waals surface area (Å²) in [6, 6.07) is 6.61. The molecule has 86 valence electrons. The van der Waals surface area contributed by atoms with E-state index in [0.29, 0.717) is 11.7 Å². The van der Waals surface area contributed by atoms with Crippen LogP contribution in [0.25, 0.3) is 0 Å². The molecule has 1 aliphatic rings. The van der Waals surface area contributed by atoms with E-state index in [-0.39, 0.29) is 0 Å². The minimum Gasteiger partial charge on any atom is -0.299 e. The van der Waals surface area contributed by atoms with Crippen molar-refractivity contribution < 1.29 is 4.79 Å². The van der Waals surface area contributed by atoms with Crippen molar-refractivity contribution in [2.24, 2.45) is 5.92 Å². The molecule has 1 saturated carbocycles. The van der Waals surface area contributed by atoms with Gasteiger partial charge in [-0.3, -0.25) is 4.79 Å². The Kier molecular flexibility index (Phi) is 3.42. The first-order valence-corrected chi connectivity index (χ1v) is 6.25. The molecule has 2 rings (SSSR count). The zero-order chi connectivity index (χ0) is 11.5. The summed E-state index contributed by atoms with van der Waals surface area (Å²) in [7, 11) is 0. The highest BCUT2D eigenvalue weighted by Crippen LogP contribution is 2.31. The van der Waals surface area contributed by atoms with E-state index >= 15 is 0 Å². The molecule has 0 atom stereocenters. The van der Waals surface area contributed by atoms with E-state index in [1.165, 1.54) is 16.7 Å². The maximum atomic E-state index is 11.5. The number of carbonyl (C=O) groups is 1. The number of aryl methyl sites for hydroxylation is 3. The zero-order valence-corrected chi connectivity index (χ0v) is 10.3. The molecule has 0 bridgehead atoms. The number of rotatable bonds is 5. The van der Waals surface area contributed by atoms with Crippen molar-refractivity contribution in [1.82, 2.24) is 0 Å². The molecule has 1 fully saturated rings. The molecule has 0 amide bonds. The van der Waals surface area contributed by atoms with E-state index in [9.17, 15) is 4.79 Å². The average Bonchev–Trinajstić information content (AvgIpc) is 3.07. The fraction of sp³-hybridized carbons (Fsp3) is 0.533. The van der Waals surface area contributed by atoms with Gasteiger partial charge >= 0.3 is 0 Å². The second-order valence-electron chi connectivity index (χ2n) is 5.01. The number of carbonyl (C=O) groups excluding carboxylic acids is 1. The molecular formula is C15H20O. The fourth-order valence-corrected chi connectivity index (χ4v) is 2.04. The summed E-state index contributed by atoms with van der Waals surface area (Å²) in [5.74, 6) is 0.920. The number of ketones is 1. The highest BCUT2D eigenvalue weighted by atomic mass is 16.1. The molecule has 0 spiro atoms. The lowest BCUT2D eigenvalue weighted by Crippen LogP contribution is -2.00. The summed E-state index contributed by atoms with van der Waals surface area (Å²) >= 11 is 0. The van der Waals surface area contributed by atoms with E-state index in [0.717, 1.165) is 32.1 Å². The Labute approximate surface area is 97.9 Å². The minimum absolute atomic E-state index is 0.430. The van der Waals surface area contributed by atoms with E-state index < -0.39 is 0 Å². The van der Waals surface area contributed by atoms with Gasteiger partial charge in [-0.1, -0.05) is 18.2 Å². The number of hydrogen-bond acceptors (Lipinski definition) is 1. The van der Waals surface area contributed by atoms with Gasteiger partial charge in [-0.05, 0) is 56.2 Å². The molecule has 1 nitrogen and oxygen atoms in total. The molecule has 0 radical (unpaired) electrons. The van der Waals surface area contributed by atoms with Crippen LogP contribution in [0.5, 0.6) is 0 Å².